The van der Waals surface area contributed by atoms with Gasteiger partial charge in [-0.1, -0.05) is 0 Å². The lowest BCUT2D eigenvalue weighted by atomic mass is 10.2. The van der Waals surface area contributed by atoms with Gasteiger partial charge in [-0.2, -0.15) is 0 Å². The van der Waals surface area contributed by atoms with E-state index in [4.69, 9.17) is 10.5 Å². The highest BCUT2D eigenvalue weighted by molar-refractivity contribution is 8.00. The first-order valence-electron chi connectivity index (χ1n) is 5.30. The number of thioether (sulfide) groups is 1. The molecule has 0 spiro atoms. The molecule has 0 bridgehead atoms. The SMILES string of the molecule is CCOc1ccc(SC(C)(C)CN)cc1F. The van der Waals surface area contributed by atoms with Gasteiger partial charge in [0.2, 0.25) is 0 Å². The lowest BCUT2D eigenvalue weighted by Gasteiger charge is -2.21. The maximum absolute atomic E-state index is 13.5. The molecule has 0 atom stereocenters. The summed E-state index contributed by atoms with van der Waals surface area (Å²) in [5.74, 6) is -0.0166. The summed E-state index contributed by atoms with van der Waals surface area (Å²) in [6, 6.07) is 5.01. The molecule has 4 heteroatoms. The van der Waals surface area contributed by atoms with Gasteiger partial charge in [0.15, 0.2) is 11.6 Å². The van der Waals surface area contributed by atoms with Crippen LogP contribution in [-0.4, -0.2) is 17.9 Å². The summed E-state index contributed by atoms with van der Waals surface area (Å²) in [4.78, 5) is 0.872. The summed E-state index contributed by atoms with van der Waals surface area (Å²) in [7, 11) is 0. The molecule has 0 aromatic heterocycles. The number of rotatable bonds is 5. The molecule has 0 aliphatic rings. The Bertz CT molecular complexity index is 355. The van der Waals surface area contributed by atoms with Gasteiger partial charge in [-0.15, -0.1) is 11.8 Å². The highest BCUT2D eigenvalue weighted by Crippen LogP contribution is 2.33. The molecule has 0 aliphatic heterocycles. The molecule has 0 fully saturated rings. The van der Waals surface area contributed by atoms with Crippen molar-refractivity contribution in [3.63, 3.8) is 0 Å². The fourth-order valence-electron chi connectivity index (χ4n) is 1.18. The van der Waals surface area contributed by atoms with Gasteiger partial charge in [0, 0.05) is 16.2 Å². The molecule has 2 N–H and O–H groups in total. The molecule has 16 heavy (non-hydrogen) atoms. The largest absolute Gasteiger partial charge is 0.491 e. The third-order valence-electron chi connectivity index (χ3n) is 2.09. The van der Waals surface area contributed by atoms with Crippen LogP contribution < -0.4 is 10.5 Å². The van der Waals surface area contributed by atoms with Crippen LogP contribution >= 0.6 is 11.8 Å². The van der Waals surface area contributed by atoms with Gasteiger partial charge in [0.25, 0.3) is 0 Å². The van der Waals surface area contributed by atoms with Crippen LogP contribution in [0.1, 0.15) is 20.8 Å². The molecule has 2 nitrogen and oxygen atoms in total. The van der Waals surface area contributed by atoms with Crippen molar-refractivity contribution in [2.24, 2.45) is 5.73 Å². The number of benzene rings is 1. The molecule has 0 amide bonds. The Labute approximate surface area is 100 Å². The van der Waals surface area contributed by atoms with Crippen LogP contribution in [0.2, 0.25) is 0 Å². The van der Waals surface area contributed by atoms with Crippen molar-refractivity contribution in [1.82, 2.24) is 0 Å². The van der Waals surface area contributed by atoms with Gasteiger partial charge in [-0.25, -0.2) is 4.39 Å². The zero-order valence-corrected chi connectivity index (χ0v) is 10.7. The van der Waals surface area contributed by atoms with E-state index in [9.17, 15) is 4.39 Å². The van der Waals surface area contributed by atoms with Crippen molar-refractivity contribution in [3.8, 4) is 5.75 Å². The number of halogens is 1. The number of hydrogen-bond donors (Lipinski definition) is 1. The maximum Gasteiger partial charge on any atom is 0.166 e. The Hall–Kier alpha value is -0.740. The van der Waals surface area contributed by atoms with Gasteiger partial charge < -0.3 is 10.5 Å². The summed E-state index contributed by atoms with van der Waals surface area (Å²) in [6.45, 7) is 6.92. The lowest BCUT2D eigenvalue weighted by Crippen LogP contribution is -2.26. The topological polar surface area (TPSA) is 35.2 Å². The molecule has 0 saturated heterocycles. The highest BCUT2D eigenvalue weighted by atomic mass is 32.2. The Morgan fingerprint density at radius 1 is 1.44 bits per heavy atom. The van der Waals surface area contributed by atoms with Crippen molar-refractivity contribution in [1.29, 1.82) is 0 Å². The van der Waals surface area contributed by atoms with Crippen LogP contribution in [0.15, 0.2) is 23.1 Å². The van der Waals surface area contributed by atoms with Crippen molar-refractivity contribution >= 4 is 11.8 Å². The van der Waals surface area contributed by atoms with E-state index in [1.165, 1.54) is 6.07 Å². The predicted octanol–water partition coefficient (Wildman–Crippen LogP) is 3.05. The second kappa shape index (κ2) is 5.55. The minimum Gasteiger partial charge on any atom is -0.491 e. The zero-order valence-electron chi connectivity index (χ0n) is 9.92. The van der Waals surface area contributed by atoms with Gasteiger partial charge in [0.1, 0.15) is 0 Å². The van der Waals surface area contributed by atoms with E-state index in [0.29, 0.717) is 18.9 Å². The first-order chi connectivity index (χ1) is 7.48. The zero-order chi connectivity index (χ0) is 12.2. The highest BCUT2D eigenvalue weighted by Gasteiger charge is 2.18. The van der Waals surface area contributed by atoms with Crippen molar-refractivity contribution in [2.45, 2.75) is 30.4 Å². The molecule has 1 aromatic rings. The minimum atomic E-state index is -0.320. The van der Waals surface area contributed by atoms with Crippen LogP contribution in [0.3, 0.4) is 0 Å². The molecule has 0 unspecified atom stereocenters. The first kappa shape index (κ1) is 13.3. The fourth-order valence-corrected chi connectivity index (χ4v) is 2.20. The summed E-state index contributed by atoms with van der Waals surface area (Å²) in [5.41, 5.74) is 5.63. The summed E-state index contributed by atoms with van der Waals surface area (Å²) >= 11 is 1.57. The van der Waals surface area contributed by atoms with E-state index in [2.05, 4.69) is 0 Å². The third kappa shape index (κ3) is 3.68. The monoisotopic (exact) mass is 243 g/mol. The number of nitrogens with two attached hydrogens (primary N) is 1. The lowest BCUT2D eigenvalue weighted by molar-refractivity contribution is 0.321. The second-order valence-electron chi connectivity index (χ2n) is 4.09. The number of hydrogen-bond acceptors (Lipinski definition) is 3. The summed E-state index contributed by atoms with van der Waals surface area (Å²) < 4.78 is 18.6. The fraction of sp³-hybridized carbons (Fsp3) is 0.500. The van der Waals surface area contributed by atoms with E-state index in [0.717, 1.165) is 4.90 Å². The van der Waals surface area contributed by atoms with E-state index < -0.39 is 0 Å². The van der Waals surface area contributed by atoms with Crippen LogP contribution in [0.25, 0.3) is 0 Å². The molecule has 0 radical (unpaired) electrons. The average Bonchev–Trinajstić information content (AvgIpc) is 2.22. The van der Waals surface area contributed by atoms with Crippen LogP contribution in [0, 0.1) is 5.82 Å². The molecule has 0 aliphatic carbocycles. The second-order valence-corrected chi connectivity index (χ2v) is 5.87. The number of ether oxygens (including phenoxy) is 1. The summed E-state index contributed by atoms with van der Waals surface area (Å²) in [5, 5.41) is 0. The minimum absolute atomic E-state index is 0.0838. The molecule has 90 valence electrons. The van der Waals surface area contributed by atoms with Crippen molar-refractivity contribution in [2.75, 3.05) is 13.2 Å². The van der Waals surface area contributed by atoms with E-state index in [1.807, 2.05) is 26.8 Å². The molecular weight excluding hydrogens is 225 g/mol. The predicted molar refractivity (Wildman–Crippen MR) is 66.6 cm³/mol. The van der Waals surface area contributed by atoms with Crippen LogP contribution in [0.4, 0.5) is 4.39 Å². The Balaban J connectivity index is 2.81. The quantitative estimate of drug-likeness (QED) is 0.807. The first-order valence-corrected chi connectivity index (χ1v) is 6.11. The Kier molecular flexibility index (Phi) is 4.62. The van der Waals surface area contributed by atoms with E-state index in [1.54, 1.807) is 17.8 Å². The molecule has 0 heterocycles. The van der Waals surface area contributed by atoms with Crippen molar-refractivity contribution < 1.29 is 9.13 Å². The van der Waals surface area contributed by atoms with Gasteiger partial charge in [-0.05, 0) is 39.0 Å². The Morgan fingerprint density at radius 3 is 2.62 bits per heavy atom. The van der Waals surface area contributed by atoms with Crippen LogP contribution in [0.5, 0.6) is 5.75 Å². The smallest absolute Gasteiger partial charge is 0.166 e. The maximum atomic E-state index is 13.5. The van der Waals surface area contributed by atoms with E-state index >= 15 is 0 Å². The van der Waals surface area contributed by atoms with Gasteiger partial charge >= 0.3 is 0 Å². The molecule has 1 rings (SSSR count). The van der Waals surface area contributed by atoms with E-state index in [-0.39, 0.29) is 10.6 Å². The van der Waals surface area contributed by atoms with Crippen LogP contribution in [-0.2, 0) is 0 Å². The van der Waals surface area contributed by atoms with Crippen molar-refractivity contribution in [3.05, 3.63) is 24.0 Å². The summed E-state index contributed by atoms with van der Waals surface area (Å²) in [6.07, 6.45) is 0. The molecule has 0 saturated carbocycles. The Morgan fingerprint density at radius 2 is 2.12 bits per heavy atom. The van der Waals surface area contributed by atoms with Gasteiger partial charge in [-0.3, -0.25) is 0 Å². The average molecular weight is 243 g/mol. The molecule has 1 aromatic carbocycles. The normalized spacial score (nSPS) is 11.6. The standard InChI is InChI=1S/C12H18FNOS/c1-4-15-11-6-5-9(7-10(11)13)16-12(2,3)8-14/h5-7H,4,8,14H2,1-3H3. The van der Waals surface area contributed by atoms with Gasteiger partial charge in [0.05, 0.1) is 6.61 Å². The molecular formula is C12H18FNOS. The third-order valence-corrected chi connectivity index (χ3v) is 3.30.